The van der Waals surface area contributed by atoms with Crippen LogP contribution in [0.5, 0.6) is 5.75 Å². The number of ether oxygens (including phenoxy) is 1. The second kappa shape index (κ2) is 13.5. The lowest BCUT2D eigenvalue weighted by Crippen LogP contribution is -2.50. The third-order valence-electron chi connectivity index (χ3n) is 6.25. The highest BCUT2D eigenvalue weighted by atomic mass is 32.2. The van der Waals surface area contributed by atoms with Gasteiger partial charge in [0.15, 0.2) is 0 Å². The van der Waals surface area contributed by atoms with Crippen LogP contribution >= 0.6 is 11.8 Å². The quantitative estimate of drug-likeness (QED) is 0.323. The van der Waals surface area contributed by atoms with E-state index in [1.165, 1.54) is 35.8 Å². The van der Waals surface area contributed by atoms with Gasteiger partial charge < -0.3 is 15.0 Å². The van der Waals surface area contributed by atoms with Crippen molar-refractivity contribution in [2.45, 2.75) is 43.1 Å². The molecule has 208 valence electrons. The number of thioether (sulfide) groups is 1. The van der Waals surface area contributed by atoms with E-state index in [1.54, 1.807) is 50.2 Å². The lowest BCUT2D eigenvalue weighted by molar-refractivity contribution is -0.139. The molecule has 8 nitrogen and oxygen atoms in total. The van der Waals surface area contributed by atoms with Crippen LogP contribution in [-0.4, -0.2) is 57.6 Å². The van der Waals surface area contributed by atoms with Crippen LogP contribution in [0.15, 0.2) is 82.6 Å². The standard InChI is InChI=1S/C29H35N3O5S2/c1-6-37-27-10-8-7-9-26(27)32(39(35,36)25-17-15-24(38-5)16-18-25)20-28(33)31(22(3)29(34)30-4)19-23-13-11-21(2)12-14-23/h7-18,22H,6,19-20H2,1-5H3,(H,30,34)/t22-/m0/s1. The number of nitrogens with zero attached hydrogens (tertiary/aromatic N) is 2. The molecule has 0 heterocycles. The molecule has 0 saturated heterocycles. The van der Waals surface area contributed by atoms with Crippen molar-refractivity contribution >= 4 is 39.3 Å². The molecule has 0 aliphatic carbocycles. The molecule has 3 aromatic rings. The van der Waals surface area contributed by atoms with Crippen LogP contribution in [-0.2, 0) is 26.2 Å². The number of hydrogen-bond acceptors (Lipinski definition) is 6. The summed E-state index contributed by atoms with van der Waals surface area (Å²) in [6.07, 6.45) is 1.91. The summed E-state index contributed by atoms with van der Waals surface area (Å²) < 4.78 is 34.8. The minimum atomic E-state index is -4.18. The molecule has 1 atom stereocenters. The lowest BCUT2D eigenvalue weighted by atomic mass is 10.1. The summed E-state index contributed by atoms with van der Waals surface area (Å²) in [5.74, 6) is -0.545. The fourth-order valence-electron chi connectivity index (χ4n) is 4.01. The van der Waals surface area contributed by atoms with Crippen LogP contribution in [0, 0.1) is 6.92 Å². The van der Waals surface area contributed by atoms with Crippen molar-refractivity contribution in [3.8, 4) is 5.75 Å². The van der Waals surface area contributed by atoms with Gasteiger partial charge in [-0.3, -0.25) is 13.9 Å². The van der Waals surface area contributed by atoms with Gasteiger partial charge in [-0.1, -0.05) is 42.0 Å². The van der Waals surface area contributed by atoms with Crippen molar-refractivity contribution in [2.75, 3.05) is 30.8 Å². The molecule has 0 fully saturated rings. The molecule has 39 heavy (non-hydrogen) atoms. The van der Waals surface area contributed by atoms with E-state index in [0.29, 0.717) is 12.4 Å². The summed E-state index contributed by atoms with van der Waals surface area (Å²) in [6, 6.07) is 20.0. The van der Waals surface area contributed by atoms with E-state index in [0.717, 1.165) is 20.3 Å². The van der Waals surface area contributed by atoms with Gasteiger partial charge in [-0.2, -0.15) is 0 Å². The van der Waals surface area contributed by atoms with E-state index >= 15 is 0 Å². The Labute approximate surface area is 235 Å². The Hall–Kier alpha value is -3.50. The zero-order chi connectivity index (χ0) is 28.6. The first-order chi connectivity index (χ1) is 18.6. The average Bonchev–Trinajstić information content (AvgIpc) is 2.95. The van der Waals surface area contributed by atoms with Gasteiger partial charge in [0.1, 0.15) is 18.3 Å². The minimum Gasteiger partial charge on any atom is -0.492 e. The number of benzene rings is 3. The first kappa shape index (κ1) is 30.0. The van der Waals surface area contributed by atoms with Crippen LogP contribution in [0.25, 0.3) is 0 Å². The molecule has 1 N–H and O–H groups in total. The van der Waals surface area contributed by atoms with E-state index < -0.39 is 28.5 Å². The number of likely N-dealkylation sites (N-methyl/N-ethyl adjacent to an activating group) is 1. The Morgan fingerprint density at radius 1 is 1.00 bits per heavy atom. The van der Waals surface area contributed by atoms with Crippen LogP contribution in [0.3, 0.4) is 0 Å². The van der Waals surface area contributed by atoms with Crippen LogP contribution in [0.2, 0.25) is 0 Å². The summed E-state index contributed by atoms with van der Waals surface area (Å²) in [5.41, 5.74) is 2.12. The van der Waals surface area contributed by atoms with Gasteiger partial charge in [-0.05, 0) is 69.0 Å². The third kappa shape index (κ3) is 7.33. The van der Waals surface area contributed by atoms with Crippen molar-refractivity contribution in [3.63, 3.8) is 0 Å². The summed E-state index contributed by atoms with van der Waals surface area (Å²) in [7, 11) is -2.68. The topological polar surface area (TPSA) is 96.0 Å². The van der Waals surface area contributed by atoms with E-state index in [2.05, 4.69) is 5.32 Å². The minimum absolute atomic E-state index is 0.0452. The van der Waals surface area contributed by atoms with Gasteiger partial charge in [0.2, 0.25) is 11.8 Å². The normalized spacial score (nSPS) is 11.9. The van der Waals surface area contributed by atoms with Crippen molar-refractivity contribution in [1.82, 2.24) is 10.2 Å². The molecular formula is C29H35N3O5S2. The fourth-order valence-corrected chi connectivity index (χ4v) is 5.84. The number of hydrogen-bond donors (Lipinski definition) is 1. The second-order valence-corrected chi connectivity index (χ2v) is 11.6. The van der Waals surface area contributed by atoms with Gasteiger partial charge in [-0.15, -0.1) is 11.8 Å². The maximum absolute atomic E-state index is 14.0. The molecule has 3 aromatic carbocycles. The van der Waals surface area contributed by atoms with Crippen molar-refractivity contribution in [3.05, 3.63) is 83.9 Å². The number of carbonyl (C=O) groups excluding carboxylic acids is 2. The summed E-state index contributed by atoms with van der Waals surface area (Å²) in [6.45, 7) is 5.31. The number of sulfonamides is 1. The highest BCUT2D eigenvalue weighted by Gasteiger charge is 2.33. The van der Waals surface area contributed by atoms with Gasteiger partial charge >= 0.3 is 0 Å². The van der Waals surface area contributed by atoms with Crippen LogP contribution in [0.1, 0.15) is 25.0 Å². The first-order valence-corrected chi connectivity index (χ1v) is 15.2. The predicted octanol–water partition coefficient (Wildman–Crippen LogP) is 4.47. The Kier molecular flexibility index (Phi) is 10.4. The fraction of sp³-hybridized carbons (Fsp3) is 0.310. The number of para-hydroxylation sites is 2. The van der Waals surface area contributed by atoms with E-state index in [4.69, 9.17) is 4.74 Å². The van der Waals surface area contributed by atoms with Crippen LogP contribution in [0.4, 0.5) is 5.69 Å². The van der Waals surface area contributed by atoms with Crippen molar-refractivity contribution in [1.29, 1.82) is 0 Å². The molecule has 0 radical (unpaired) electrons. The molecule has 0 saturated carbocycles. The van der Waals surface area contributed by atoms with Gasteiger partial charge in [0.25, 0.3) is 10.0 Å². The molecule has 0 spiro atoms. The highest BCUT2D eigenvalue weighted by molar-refractivity contribution is 7.98. The Balaban J connectivity index is 2.08. The first-order valence-electron chi connectivity index (χ1n) is 12.6. The lowest BCUT2D eigenvalue weighted by Gasteiger charge is -2.32. The van der Waals surface area contributed by atoms with Gasteiger partial charge in [0, 0.05) is 18.5 Å². The largest absolute Gasteiger partial charge is 0.492 e. The smallest absolute Gasteiger partial charge is 0.264 e. The number of aryl methyl sites for hydroxylation is 1. The molecule has 0 aliphatic rings. The molecule has 0 aliphatic heterocycles. The maximum atomic E-state index is 14.0. The summed E-state index contributed by atoms with van der Waals surface area (Å²) in [4.78, 5) is 28.9. The third-order valence-corrected chi connectivity index (χ3v) is 8.76. The van der Waals surface area contributed by atoms with E-state index in [-0.39, 0.29) is 23.0 Å². The molecule has 2 amide bonds. The zero-order valence-electron chi connectivity index (χ0n) is 22.9. The maximum Gasteiger partial charge on any atom is 0.264 e. The number of anilines is 1. The molecule has 10 heteroatoms. The number of rotatable bonds is 12. The van der Waals surface area contributed by atoms with Gasteiger partial charge in [-0.25, -0.2) is 8.42 Å². The molecule has 0 unspecified atom stereocenters. The highest BCUT2D eigenvalue weighted by Crippen LogP contribution is 2.33. The SMILES string of the molecule is CCOc1ccccc1N(CC(=O)N(Cc1ccc(C)cc1)[C@@H](C)C(=O)NC)S(=O)(=O)c1ccc(SC)cc1. The summed E-state index contributed by atoms with van der Waals surface area (Å²) in [5, 5.41) is 2.59. The molecule has 0 bridgehead atoms. The second-order valence-electron chi connectivity index (χ2n) is 8.89. The average molecular weight is 570 g/mol. The monoisotopic (exact) mass is 569 g/mol. The number of amides is 2. The summed E-state index contributed by atoms with van der Waals surface area (Å²) >= 11 is 1.50. The Bertz CT molecular complexity index is 1380. The van der Waals surface area contributed by atoms with E-state index in [1.807, 2.05) is 37.4 Å². The Morgan fingerprint density at radius 2 is 1.64 bits per heavy atom. The van der Waals surface area contributed by atoms with Crippen LogP contribution < -0.4 is 14.4 Å². The van der Waals surface area contributed by atoms with E-state index in [9.17, 15) is 18.0 Å². The molecule has 3 rings (SSSR count). The Morgan fingerprint density at radius 3 is 2.23 bits per heavy atom. The number of nitrogens with one attached hydrogen (secondary N) is 1. The number of carbonyl (C=O) groups is 2. The van der Waals surface area contributed by atoms with Gasteiger partial charge in [0.05, 0.1) is 17.2 Å². The predicted molar refractivity (Wildman–Crippen MR) is 156 cm³/mol. The molecule has 0 aromatic heterocycles. The van der Waals surface area contributed by atoms with Crippen molar-refractivity contribution < 1.29 is 22.7 Å². The molecular weight excluding hydrogens is 534 g/mol. The van der Waals surface area contributed by atoms with Crippen molar-refractivity contribution in [2.24, 2.45) is 0 Å². The zero-order valence-corrected chi connectivity index (χ0v) is 24.5.